The lowest BCUT2D eigenvalue weighted by Crippen LogP contribution is -2.03. The van der Waals surface area contributed by atoms with Crippen LogP contribution in [0.4, 0.5) is 0 Å². The predicted octanol–water partition coefficient (Wildman–Crippen LogP) is 1.85. The normalized spacial score (nSPS) is 14.1. The number of alkyl halides is 1. The molecule has 0 spiro atoms. The van der Waals surface area contributed by atoms with Crippen LogP contribution in [0.15, 0.2) is 0 Å². The van der Waals surface area contributed by atoms with Gasteiger partial charge in [0.15, 0.2) is 0 Å². The van der Waals surface area contributed by atoms with Crippen molar-refractivity contribution < 1.29 is 4.74 Å². The lowest BCUT2D eigenvalue weighted by atomic mass is 10.3. The molecule has 1 nitrogen and oxygen atoms in total. The topological polar surface area (TPSA) is 9.23 Å². The highest BCUT2D eigenvalue weighted by molar-refractivity contribution is 14.1. The second kappa shape index (κ2) is 4.84. The molecule has 0 rings (SSSR count). The first-order chi connectivity index (χ1) is 3.31. The van der Waals surface area contributed by atoms with Crippen LogP contribution in [0.3, 0.4) is 0 Å². The smallest absolute Gasteiger partial charge is 0.0550 e. The standard InChI is InChI=1S/C5H11IO/c1-5(7-2)3-4-6/h5H,3-4H2,1-2H3/t5-/m1/s1. The van der Waals surface area contributed by atoms with Crippen molar-refractivity contribution in [3.05, 3.63) is 0 Å². The average Bonchev–Trinajstić information content (AvgIpc) is 1.68. The first-order valence-corrected chi connectivity index (χ1v) is 3.92. The molecule has 0 aromatic rings. The van der Waals surface area contributed by atoms with Gasteiger partial charge in [-0.3, -0.25) is 0 Å². The van der Waals surface area contributed by atoms with Crippen LogP contribution in [0, 0.1) is 0 Å². The summed E-state index contributed by atoms with van der Waals surface area (Å²) in [7, 11) is 1.75. The van der Waals surface area contributed by atoms with Crippen molar-refractivity contribution in [2.45, 2.75) is 19.4 Å². The number of halogens is 1. The van der Waals surface area contributed by atoms with Crippen LogP contribution in [0.2, 0.25) is 0 Å². The fourth-order valence-electron chi connectivity index (χ4n) is 0.272. The Bertz CT molecular complexity index is 39.1. The molecule has 0 bridgehead atoms. The lowest BCUT2D eigenvalue weighted by Gasteiger charge is -2.03. The van der Waals surface area contributed by atoms with Gasteiger partial charge in [0.25, 0.3) is 0 Å². The molecule has 2 heteroatoms. The van der Waals surface area contributed by atoms with Crippen LogP contribution < -0.4 is 0 Å². The van der Waals surface area contributed by atoms with Gasteiger partial charge in [0, 0.05) is 11.5 Å². The fraction of sp³-hybridized carbons (Fsp3) is 1.00. The minimum atomic E-state index is 0.442. The maximum absolute atomic E-state index is 4.99. The van der Waals surface area contributed by atoms with Gasteiger partial charge in [-0.2, -0.15) is 0 Å². The Kier molecular flexibility index (Phi) is 5.32. The van der Waals surface area contributed by atoms with E-state index in [2.05, 4.69) is 29.5 Å². The monoisotopic (exact) mass is 214 g/mol. The summed E-state index contributed by atoms with van der Waals surface area (Å²) in [5.74, 6) is 0. The molecule has 0 heterocycles. The molecule has 0 N–H and O–H groups in total. The number of hydrogen-bond donors (Lipinski definition) is 0. The predicted molar refractivity (Wildman–Crippen MR) is 40.0 cm³/mol. The Morgan fingerprint density at radius 1 is 1.71 bits per heavy atom. The summed E-state index contributed by atoms with van der Waals surface area (Å²) in [4.78, 5) is 0. The van der Waals surface area contributed by atoms with Crippen molar-refractivity contribution in [1.82, 2.24) is 0 Å². The average molecular weight is 214 g/mol. The molecule has 0 aliphatic heterocycles. The number of ether oxygens (including phenoxy) is 1. The molecule has 0 saturated heterocycles. The molecule has 0 amide bonds. The summed E-state index contributed by atoms with van der Waals surface area (Å²) in [6, 6.07) is 0. The van der Waals surface area contributed by atoms with E-state index in [-0.39, 0.29) is 0 Å². The Hall–Kier alpha value is 0.690. The third-order valence-corrected chi connectivity index (χ3v) is 1.54. The van der Waals surface area contributed by atoms with E-state index in [0.717, 1.165) is 6.42 Å². The van der Waals surface area contributed by atoms with Crippen molar-refractivity contribution in [3.8, 4) is 0 Å². The summed E-state index contributed by atoms with van der Waals surface area (Å²) in [6.45, 7) is 2.08. The van der Waals surface area contributed by atoms with Gasteiger partial charge in [0.05, 0.1) is 6.10 Å². The molecule has 0 radical (unpaired) electrons. The number of rotatable bonds is 3. The molecule has 0 aromatic carbocycles. The molecule has 1 atom stereocenters. The number of hydrogen-bond acceptors (Lipinski definition) is 1. The highest BCUT2D eigenvalue weighted by Crippen LogP contribution is 1.97. The minimum Gasteiger partial charge on any atom is -0.382 e. The third-order valence-electron chi connectivity index (χ3n) is 0.918. The molecule has 7 heavy (non-hydrogen) atoms. The lowest BCUT2D eigenvalue weighted by molar-refractivity contribution is 0.117. The Labute approximate surface area is 58.6 Å². The Balaban J connectivity index is 2.83. The molecular weight excluding hydrogens is 203 g/mol. The van der Waals surface area contributed by atoms with Crippen LogP contribution in [-0.4, -0.2) is 17.6 Å². The van der Waals surface area contributed by atoms with Crippen molar-refractivity contribution >= 4 is 22.6 Å². The largest absolute Gasteiger partial charge is 0.382 e. The highest BCUT2D eigenvalue weighted by atomic mass is 127. The quantitative estimate of drug-likeness (QED) is 0.514. The van der Waals surface area contributed by atoms with Gasteiger partial charge < -0.3 is 4.74 Å². The summed E-state index contributed by atoms with van der Waals surface area (Å²) in [5.41, 5.74) is 0. The second-order valence-electron chi connectivity index (χ2n) is 1.52. The van der Waals surface area contributed by atoms with E-state index < -0.39 is 0 Å². The van der Waals surface area contributed by atoms with Crippen LogP contribution in [0.1, 0.15) is 13.3 Å². The summed E-state index contributed by atoms with van der Waals surface area (Å²) >= 11 is 2.35. The maximum atomic E-state index is 4.99. The minimum absolute atomic E-state index is 0.442. The molecule has 0 fully saturated rings. The molecular formula is C5H11IO. The van der Waals surface area contributed by atoms with Gasteiger partial charge in [0.1, 0.15) is 0 Å². The van der Waals surface area contributed by atoms with E-state index in [1.54, 1.807) is 7.11 Å². The van der Waals surface area contributed by atoms with Gasteiger partial charge >= 0.3 is 0 Å². The molecule has 0 unspecified atom stereocenters. The molecule has 0 saturated carbocycles. The van der Waals surface area contributed by atoms with Gasteiger partial charge in [-0.05, 0) is 13.3 Å². The molecule has 0 aliphatic rings. The first kappa shape index (κ1) is 7.69. The zero-order valence-corrected chi connectivity index (χ0v) is 6.94. The van der Waals surface area contributed by atoms with E-state index in [9.17, 15) is 0 Å². The van der Waals surface area contributed by atoms with Gasteiger partial charge in [-0.1, -0.05) is 22.6 Å². The van der Waals surface area contributed by atoms with Crippen LogP contribution >= 0.6 is 22.6 Å². The molecule has 0 aliphatic carbocycles. The summed E-state index contributed by atoms with van der Waals surface area (Å²) in [5, 5.41) is 0. The highest BCUT2D eigenvalue weighted by Gasteiger charge is 1.93. The van der Waals surface area contributed by atoms with Crippen LogP contribution in [-0.2, 0) is 4.74 Å². The van der Waals surface area contributed by atoms with E-state index in [0.29, 0.717) is 6.10 Å². The van der Waals surface area contributed by atoms with Crippen molar-refractivity contribution in [2.24, 2.45) is 0 Å². The van der Waals surface area contributed by atoms with E-state index in [1.807, 2.05) is 0 Å². The van der Waals surface area contributed by atoms with Crippen molar-refractivity contribution in [1.29, 1.82) is 0 Å². The van der Waals surface area contributed by atoms with Crippen LogP contribution in [0.25, 0.3) is 0 Å². The Morgan fingerprint density at radius 3 is 2.43 bits per heavy atom. The van der Waals surface area contributed by atoms with E-state index in [4.69, 9.17) is 4.74 Å². The summed E-state index contributed by atoms with van der Waals surface area (Å²) < 4.78 is 6.17. The second-order valence-corrected chi connectivity index (χ2v) is 2.60. The SMILES string of the molecule is CO[C@H](C)CCI. The maximum Gasteiger partial charge on any atom is 0.0550 e. The third kappa shape index (κ3) is 4.55. The zero-order chi connectivity index (χ0) is 5.70. The first-order valence-electron chi connectivity index (χ1n) is 2.40. The zero-order valence-electron chi connectivity index (χ0n) is 4.78. The number of methoxy groups -OCH3 is 1. The van der Waals surface area contributed by atoms with Crippen LogP contribution in [0.5, 0.6) is 0 Å². The van der Waals surface area contributed by atoms with E-state index >= 15 is 0 Å². The Morgan fingerprint density at radius 2 is 2.29 bits per heavy atom. The van der Waals surface area contributed by atoms with Crippen molar-refractivity contribution in [2.75, 3.05) is 11.5 Å². The van der Waals surface area contributed by atoms with Gasteiger partial charge in [0.2, 0.25) is 0 Å². The van der Waals surface area contributed by atoms with Crippen molar-refractivity contribution in [3.63, 3.8) is 0 Å². The molecule has 44 valence electrons. The fourth-order valence-corrected chi connectivity index (χ4v) is 1.15. The van der Waals surface area contributed by atoms with Gasteiger partial charge in [-0.15, -0.1) is 0 Å². The van der Waals surface area contributed by atoms with Gasteiger partial charge in [-0.25, -0.2) is 0 Å². The van der Waals surface area contributed by atoms with E-state index in [1.165, 1.54) is 4.43 Å². The summed E-state index contributed by atoms with van der Waals surface area (Å²) in [6.07, 6.45) is 1.61. The molecule has 0 aromatic heterocycles.